The lowest BCUT2D eigenvalue weighted by molar-refractivity contribution is 0.458. The SMILES string of the molecule is O=S(=O)(O)c1sc(S)c(S(=O)(=O)O)c1S(=O)(=O)O. The van der Waals surface area contributed by atoms with Gasteiger partial charge in [-0.1, -0.05) is 0 Å². The topological polar surface area (TPSA) is 163 Å². The summed E-state index contributed by atoms with van der Waals surface area (Å²) in [5.74, 6) is 0. The minimum Gasteiger partial charge on any atom is -0.282 e. The van der Waals surface area contributed by atoms with Crippen LogP contribution in [0.2, 0.25) is 0 Å². The molecule has 0 radical (unpaired) electrons. The smallest absolute Gasteiger partial charge is 0.282 e. The molecule has 18 heavy (non-hydrogen) atoms. The Bertz CT molecular complexity index is 791. The Morgan fingerprint density at radius 2 is 1.17 bits per heavy atom. The van der Waals surface area contributed by atoms with Gasteiger partial charge in [0, 0.05) is 0 Å². The molecule has 0 spiro atoms. The molecule has 0 aliphatic carbocycles. The monoisotopic (exact) mass is 356 g/mol. The zero-order chi connectivity index (χ0) is 14.5. The van der Waals surface area contributed by atoms with E-state index in [1.807, 2.05) is 0 Å². The van der Waals surface area contributed by atoms with Crippen LogP contribution in [0.4, 0.5) is 0 Å². The molecular formula is C4H4O9S5. The van der Waals surface area contributed by atoms with Gasteiger partial charge in [0.25, 0.3) is 20.2 Å². The number of thiol groups is 1. The third kappa shape index (κ3) is 3.02. The zero-order valence-electron chi connectivity index (χ0n) is 7.87. The third-order valence-corrected chi connectivity index (χ3v) is 6.88. The van der Waals surface area contributed by atoms with Crippen molar-refractivity contribution in [3.05, 3.63) is 0 Å². The molecule has 0 fully saturated rings. The van der Waals surface area contributed by atoms with Crippen LogP contribution in [0.3, 0.4) is 0 Å². The lowest BCUT2D eigenvalue weighted by Gasteiger charge is -2.00. The van der Waals surface area contributed by atoms with Crippen molar-refractivity contribution in [2.45, 2.75) is 18.2 Å². The summed E-state index contributed by atoms with van der Waals surface area (Å²) in [6.07, 6.45) is 0. The highest BCUT2D eigenvalue weighted by Crippen LogP contribution is 2.40. The lowest BCUT2D eigenvalue weighted by atomic mass is 10.6. The van der Waals surface area contributed by atoms with Crippen LogP contribution in [0.5, 0.6) is 0 Å². The van der Waals surface area contributed by atoms with E-state index in [9.17, 15) is 25.3 Å². The predicted octanol–water partition coefficient (Wildman–Crippen LogP) is -0.223. The van der Waals surface area contributed by atoms with Gasteiger partial charge in [0.2, 0.25) is 0 Å². The molecule has 0 bridgehead atoms. The van der Waals surface area contributed by atoms with Crippen molar-refractivity contribution in [2.75, 3.05) is 0 Å². The second-order valence-corrected chi connectivity index (χ2v) is 8.88. The van der Waals surface area contributed by atoms with Crippen molar-refractivity contribution in [3.8, 4) is 0 Å². The van der Waals surface area contributed by atoms with Gasteiger partial charge in [0.1, 0.15) is 9.79 Å². The quantitative estimate of drug-likeness (QED) is 0.423. The minimum atomic E-state index is -5.33. The molecule has 0 aliphatic rings. The molecule has 0 aliphatic heterocycles. The maximum absolute atomic E-state index is 11.0. The van der Waals surface area contributed by atoms with Crippen molar-refractivity contribution < 1.29 is 38.9 Å². The molecule has 0 amide bonds. The standard InChI is InChI=1S/C4H4O9S5/c5-16(6,7)1-2(17(8,9)10)4(15-3(1)14)18(11,12)13/h14H,(H,5,6,7)(H,8,9,10)(H,11,12,13). The number of hydrogen-bond donors (Lipinski definition) is 4. The maximum Gasteiger partial charge on any atom is 0.305 e. The van der Waals surface area contributed by atoms with Crippen LogP contribution in [0.15, 0.2) is 18.2 Å². The summed E-state index contributed by atoms with van der Waals surface area (Å²) in [6, 6.07) is 0. The molecule has 1 rings (SSSR count). The lowest BCUT2D eigenvalue weighted by Crippen LogP contribution is -2.10. The molecule has 0 atom stereocenters. The summed E-state index contributed by atoms with van der Waals surface area (Å²) >= 11 is 3.42. The van der Waals surface area contributed by atoms with E-state index in [2.05, 4.69) is 12.6 Å². The van der Waals surface area contributed by atoms with Crippen LogP contribution in [0.1, 0.15) is 0 Å². The summed E-state index contributed by atoms with van der Waals surface area (Å²) in [4.78, 5) is -3.05. The van der Waals surface area contributed by atoms with Crippen LogP contribution in [-0.2, 0) is 30.4 Å². The average molecular weight is 356 g/mol. The third-order valence-electron chi connectivity index (χ3n) is 1.53. The predicted molar refractivity (Wildman–Crippen MR) is 61.0 cm³/mol. The van der Waals surface area contributed by atoms with Crippen molar-refractivity contribution in [1.82, 2.24) is 0 Å². The Balaban J connectivity index is 4.07. The molecule has 0 saturated heterocycles. The normalized spacial score (nSPS) is 13.8. The average Bonchev–Trinajstić information content (AvgIpc) is 2.39. The van der Waals surface area contributed by atoms with Crippen molar-refractivity contribution >= 4 is 54.3 Å². The van der Waals surface area contributed by atoms with E-state index in [0.717, 1.165) is 0 Å². The van der Waals surface area contributed by atoms with Gasteiger partial charge in [-0.25, -0.2) is 0 Å². The molecule has 14 heteroatoms. The first-order valence-corrected chi connectivity index (χ1v) is 9.13. The summed E-state index contributed by atoms with van der Waals surface area (Å²) in [5.41, 5.74) is 0. The van der Waals surface area contributed by atoms with Gasteiger partial charge in [0.15, 0.2) is 4.21 Å². The highest BCUT2D eigenvalue weighted by atomic mass is 32.3. The second kappa shape index (κ2) is 4.41. The second-order valence-electron chi connectivity index (χ2n) is 2.78. The van der Waals surface area contributed by atoms with Crippen LogP contribution in [0, 0.1) is 0 Å². The summed E-state index contributed by atoms with van der Waals surface area (Å²) in [7, 11) is -15.6. The van der Waals surface area contributed by atoms with E-state index in [1.54, 1.807) is 0 Å². The van der Waals surface area contributed by atoms with Crippen LogP contribution in [0.25, 0.3) is 0 Å². The molecule has 3 N–H and O–H groups in total. The van der Waals surface area contributed by atoms with Gasteiger partial charge < -0.3 is 0 Å². The Kier molecular flexibility index (Phi) is 3.88. The number of rotatable bonds is 3. The molecule has 0 saturated carbocycles. The van der Waals surface area contributed by atoms with Crippen molar-refractivity contribution in [3.63, 3.8) is 0 Å². The highest BCUT2D eigenvalue weighted by Gasteiger charge is 2.37. The van der Waals surface area contributed by atoms with Gasteiger partial charge in [0.05, 0.1) is 4.21 Å². The fourth-order valence-corrected chi connectivity index (χ4v) is 7.00. The fourth-order valence-electron chi connectivity index (χ4n) is 0.990. The number of hydrogen-bond acceptors (Lipinski definition) is 8. The number of thiophene rings is 1. The van der Waals surface area contributed by atoms with Gasteiger partial charge in [-0.05, 0) is 0 Å². The molecule has 1 aromatic heterocycles. The van der Waals surface area contributed by atoms with Crippen LogP contribution in [-0.4, -0.2) is 38.9 Å². The Labute approximate surface area is 111 Å². The molecule has 0 aromatic carbocycles. The minimum absolute atomic E-state index is 0.0504. The van der Waals surface area contributed by atoms with Gasteiger partial charge >= 0.3 is 10.1 Å². The van der Waals surface area contributed by atoms with E-state index in [0.29, 0.717) is 0 Å². The largest absolute Gasteiger partial charge is 0.305 e. The fraction of sp³-hybridized carbons (Fsp3) is 0. The van der Waals surface area contributed by atoms with Crippen LogP contribution < -0.4 is 0 Å². The molecule has 1 aromatic rings. The van der Waals surface area contributed by atoms with E-state index in [4.69, 9.17) is 13.7 Å². The summed E-state index contributed by atoms with van der Waals surface area (Å²) in [5, 5.41) is 0. The first kappa shape index (κ1) is 15.8. The van der Waals surface area contributed by atoms with E-state index >= 15 is 0 Å². The molecule has 1 heterocycles. The highest BCUT2D eigenvalue weighted by molar-refractivity contribution is 7.93. The van der Waals surface area contributed by atoms with Crippen molar-refractivity contribution in [1.29, 1.82) is 0 Å². The van der Waals surface area contributed by atoms with Crippen molar-refractivity contribution in [2.24, 2.45) is 0 Å². The van der Waals surface area contributed by atoms with Gasteiger partial charge in [-0.3, -0.25) is 13.7 Å². The maximum atomic E-state index is 11.0. The first-order valence-electron chi connectivity index (χ1n) is 3.54. The Morgan fingerprint density at radius 1 is 0.778 bits per heavy atom. The first-order chi connectivity index (χ1) is 7.76. The Morgan fingerprint density at radius 3 is 1.44 bits per heavy atom. The van der Waals surface area contributed by atoms with E-state index in [1.165, 1.54) is 0 Å². The van der Waals surface area contributed by atoms with Gasteiger partial charge in [-0.15, -0.1) is 24.0 Å². The molecular weight excluding hydrogens is 352 g/mol. The molecule has 104 valence electrons. The van der Waals surface area contributed by atoms with E-state index in [-0.39, 0.29) is 11.3 Å². The Hall–Kier alpha value is -0.220. The molecule has 9 nitrogen and oxygen atoms in total. The zero-order valence-corrected chi connectivity index (χ0v) is 12.0. The summed E-state index contributed by atoms with van der Waals surface area (Å²) in [6.45, 7) is 0. The van der Waals surface area contributed by atoms with E-state index < -0.39 is 48.6 Å². The summed E-state index contributed by atoms with van der Waals surface area (Å²) < 4.78 is 89.7. The van der Waals surface area contributed by atoms with Gasteiger partial charge in [-0.2, -0.15) is 25.3 Å². The van der Waals surface area contributed by atoms with Crippen LogP contribution >= 0.6 is 24.0 Å². The molecule has 0 unspecified atom stereocenters.